The summed E-state index contributed by atoms with van der Waals surface area (Å²) in [4.78, 5) is 11.8. The highest BCUT2D eigenvalue weighted by atomic mass is 32.2. The van der Waals surface area contributed by atoms with Crippen molar-refractivity contribution in [3.8, 4) is 0 Å². The highest BCUT2D eigenvalue weighted by Crippen LogP contribution is 2.25. The number of carbonyl (C=O) groups excluding carboxylic acids is 1. The van der Waals surface area contributed by atoms with E-state index in [0.717, 1.165) is 17.3 Å². The van der Waals surface area contributed by atoms with Gasteiger partial charge >= 0.3 is 5.97 Å². The molecule has 0 amide bonds. The van der Waals surface area contributed by atoms with Gasteiger partial charge in [-0.2, -0.15) is 8.75 Å². The van der Waals surface area contributed by atoms with E-state index in [4.69, 9.17) is 4.74 Å². The predicted octanol–water partition coefficient (Wildman–Crippen LogP) is 2.58. The van der Waals surface area contributed by atoms with Crippen LogP contribution in [0.5, 0.6) is 0 Å². The van der Waals surface area contributed by atoms with Gasteiger partial charge in [0.25, 0.3) is 0 Å². The van der Waals surface area contributed by atoms with Gasteiger partial charge in [0.05, 0.1) is 31.3 Å². The van der Waals surface area contributed by atoms with Crippen LogP contribution in [0.2, 0.25) is 0 Å². The molecule has 0 aliphatic rings. The summed E-state index contributed by atoms with van der Waals surface area (Å²) < 4.78 is 41.3. The van der Waals surface area contributed by atoms with E-state index in [1.165, 1.54) is 13.2 Å². The predicted molar refractivity (Wildman–Crippen MR) is 98.3 cm³/mol. The Balaban J connectivity index is 1.98. The van der Waals surface area contributed by atoms with Crippen LogP contribution >= 0.6 is 11.7 Å². The fourth-order valence-corrected chi connectivity index (χ4v) is 4.52. The minimum absolute atomic E-state index is 0.0331. The van der Waals surface area contributed by atoms with E-state index in [1.807, 2.05) is 19.1 Å². The van der Waals surface area contributed by atoms with Crippen LogP contribution in [0.4, 0.5) is 0 Å². The maximum atomic E-state index is 12.9. The smallest absolute Gasteiger partial charge is 0.307 e. The molecule has 136 valence electrons. The SMILES string of the molecule is COC(=O)CC(NS(=O)(=O)c1cccc2nsnc12)c1ccc(C)cc1. The lowest BCUT2D eigenvalue weighted by atomic mass is 10.0. The first-order valence-corrected chi connectivity index (χ1v) is 9.99. The number of rotatable bonds is 6. The molecule has 7 nitrogen and oxygen atoms in total. The molecule has 0 spiro atoms. The van der Waals surface area contributed by atoms with Crippen LogP contribution in [0.3, 0.4) is 0 Å². The number of benzene rings is 2. The molecule has 0 radical (unpaired) electrons. The molecule has 1 atom stereocenters. The normalized spacial score (nSPS) is 12.8. The Morgan fingerprint density at radius 1 is 1.19 bits per heavy atom. The molecule has 3 aromatic rings. The standard InChI is InChI=1S/C17H17N3O4S2/c1-11-6-8-12(9-7-11)14(10-16(21)24-2)20-26(22,23)15-5-3-4-13-17(15)19-25-18-13/h3-9,14,20H,10H2,1-2H3. The number of nitrogens with zero attached hydrogens (tertiary/aromatic N) is 2. The lowest BCUT2D eigenvalue weighted by Gasteiger charge is -2.18. The molecule has 0 fully saturated rings. The van der Waals surface area contributed by atoms with Crippen molar-refractivity contribution < 1.29 is 17.9 Å². The topological polar surface area (TPSA) is 98.2 Å². The molecular weight excluding hydrogens is 374 g/mol. The van der Waals surface area contributed by atoms with Crippen molar-refractivity contribution in [1.82, 2.24) is 13.5 Å². The maximum Gasteiger partial charge on any atom is 0.307 e. The largest absolute Gasteiger partial charge is 0.469 e. The van der Waals surface area contributed by atoms with Crippen LogP contribution < -0.4 is 4.72 Å². The van der Waals surface area contributed by atoms with Crippen molar-refractivity contribution in [2.75, 3.05) is 7.11 Å². The Morgan fingerprint density at radius 3 is 2.62 bits per heavy atom. The molecule has 0 saturated carbocycles. The van der Waals surface area contributed by atoms with Crippen molar-refractivity contribution in [3.63, 3.8) is 0 Å². The number of fused-ring (bicyclic) bond motifs is 1. The second-order valence-corrected chi connectivity index (χ2v) is 7.96. The second kappa shape index (κ2) is 7.48. The molecule has 0 aliphatic heterocycles. The first-order valence-electron chi connectivity index (χ1n) is 7.77. The summed E-state index contributed by atoms with van der Waals surface area (Å²) in [5.74, 6) is -0.508. The molecule has 1 heterocycles. The van der Waals surface area contributed by atoms with E-state index in [2.05, 4.69) is 13.5 Å². The molecule has 0 saturated heterocycles. The van der Waals surface area contributed by atoms with Crippen molar-refractivity contribution in [2.45, 2.75) is 24.3 Å². The number of sulfonamides is 1. The minimum atomic E-state index is -3.92. The molecular formula is C17H17N3O4S2. The second-order valence-electron chi connectivity index (χ2n) is 5.75. The first-order chi connectivity index (χ1) is 12.4. The van der Waals surface area contributed by atoms with Gasteiger partial charge in [0.2, 0.25) is 10.0 Å². The summed E-state index contributed by atoms with van der Waals surface area (Å²) in [6.07, 6.45) is -0.121. The summed E-state index contributed by atoms with van der Waals surface area (Å²) in [5.41, 5.74) is 2.53. The van der Waals surface area contributed by atoms with Crippen LogP contribution in [0.15, 0.2) is 47.4 Å². The quantitative estimate of drug-likeness (QED) is 0.649. The number of carbonyl (C=O) groups is 1. The third-order valence-corrected chi connectivity index (χ3v) is 5.96. The minimum Gasteiger partial charge on any atom is -0.469 e. The van der Waals surface area contributed by atoms with Crippen molar-refractivity contribution in [1.29, 1.82) is 0 Å². The van der Waals surface area contributed by atoms with Crippen LogP contribution in [0, 0.1) is 6.92 Å². The van der Waals surface area contributed by atoms with Gasteiger partial charge in [-0.25, -0.2) is 13.1 Å². The molecule has 0 bridgehead atoms. The molecule has 1 aromatic heterocycles. The number of esters is 1. The number of nitrogens with one attached hydrogen (secondary N) is 1. The van der Waals surface area contributed by atoms with Gasteiger partial charge in [0.1, 0.15) is 15.9 Å². The average Bonchev–Trinajstić information content (AvgIpc) is 3.10. The van der Waals surface area contributed by atoms with Gasteiger partial charge < -0.3 is 4.74 Å². The lowest BCUT2D eigenvalue weighted by Crippen LogP contribution is -2.30. The van der Waals surface area contributed by atoms with Crippen LogP contribution in [0.1, 0.15) is 23.6 Å². The zero-order chi connectivity index (χ0) is 18.7. The van der Waals surface area contributed by atoms with E-state index >= 15 is 0 Å². The summed E-state index contributed by atoms with van der Waals surface area (Å²) >= 11 is 0.948. The van der Waals surface area contributed by atoms with Crippen LogP contribution in [-0.2, 0) is 19.6 Å². The van der Waals surface area contributed by atoms with E-state index < -0.39 is 22.0 Å². The third kappa shape index (κ3) is 3.90. The van der Waals surface area contributed by atoms with Crippen LogP contribution in [0.25, 0.3) is 11.0 Å². The fraction of sp³-hybridized carbons (Fsp3) is 0.235. The monoisotopic (exact) mass is 391 g/mol. The fourth-order valence-electron chi connectivity index (χ4n) is 2.53. The van der Waals surface area contributed by atoms with Crippen molar-refractivity contribution in [2.24, 2.45) is 0 Å². The van der Waals surface area contributed by atoms with Crippen LogP contribution in [-0.4, -0.2) is 30.2 Å². The number of aromatic nitrogens is 2. The Morgan fingerprint density at radius 2 is 1.92 bits per heavy atom. The summed E-state index contributed by atoms with van der Waals surface area (Å²) in [6.45, 7) is 1.93. The van der Waals surface area contributed by atoms with Gasteiger partial charge in [0, 0.05) is 0 Å². The zero-order valence-corrected chi connectivity index (χ0v) is 15.8. The number of hydrogen-bond acceptors (Lipinski definition) is 7. The van der Waals surface area contributed by atoms with Crippen molar-refractivity contribution in [3.05, 3.63) is 53.6 Å². The maximum absolute atomic E-state index is 12.9. The molecule has 9 heteroatoms. The van der Waals surface area contributed by atoms with E-state index in [-0.39, 0.29) is 11.3 Å². The van der Waals surface area contributed by atoms with Crippen molar-refractivity contribution >= 4 is 38.8 Å². The Labute approximate surface area is 155 Å². The molecule has 1 N–H and O–H groups in total. The summed E-state index contributed by atoms with van der Waals surface area (Å²) in [7, 11) is -2.65. The Bertz CT molecular complexity index is 1030. The van der Waals surface area contributed by atoms with Gasteiger partial charge in [0.15, 0.2) is 0 Å². The van der Waals surface area contributed by atoms with Gasteiger partial charge in [-0.1, -0.05) is 35.9 Å². The lowest BCUT2D eigenvalue weighted by molar-refractivity contribution is -0.141. The number of hydrogen-bond donors (Lipinski definition) is 1. The number of aryl methyl sites for hydroxylation is 1. The van der Waals surface area contributed by atoms with Gasteiger partial charge in [-0.3, -0.25) is 4.79 Å². The summed E-state index contributed by atoms with van der Waals surface area (Å²) in [6, 6.07) is 11.3. The number of methoxy groups -OCH3 is 1. The van der Waals surface area contributed by atoms with Gasteiger partial charge in [-0.15, -0.1) is 0 Å². The van der Waals surface area contributed by atoms with E-state index in [1.54, 1.807) is 24.3 Å². The molecule has 0 aliphatic carbocycles. The molecule has 26 heavy (non-hydrogen) atoms. The average molecular weight is 391 g/mol. The van der Waals surface area contributed by atoms with E-state index in [9.17, 15) is 13.2 Å². The Kier molecular flexibility index (Phi) is 5.30. The number of ether oxygens (including phenoxy) is 1. The summed E-state index contributed by atoms with van der Waals surface area (Å²) in [5, 5.41) is 0. The Hall–Kier alpha value is -2.36. The molecule has 3 rings (SSSR count). The highest BCUT2D eigenvalue weighted by molar-refractivity contribution is 7.89. The van der Waals surface area contributed by atoms with Gasteiger partial charge in [-0.05, 0) is 24.6 Å². The molecule has 2 aromatic carbocycles. The third-order valence-electron chi connectivity index (χ3n) is 3.91. The first kappa shape index (κ1) is 18.4. The highest BCUT2D eigenvalue weighted by Gasteiger charge is 2.26. The van der Waals surface area contributed by atoms with E-state index in [0.29, 0.717) is 16.6 Å². The zero-order valence-electron chi connectivity index (χ0n) is 14.2. The molecule has 1 unspecified atom stereocenters.